The summed E-state index contributed by atoms with van der Waals surface area (Å²) in [6, 6.07) is 6.58. The molecule has 1 saturated heterocycles. The summed E-state index contributed by atoms with van der Waals surface area (Å²) in [4.78, 5) is 34.0. The van der Waals surface area contributed by atoms with Crippen LogP contribution >= 0.6 is 0 Å². The number of nitrogens with one attached hydrogen (secondary N) is 2. The van der Waals surface area contributed by atoms with E-state index >= 15 is 0 Å². The second-order valence-corrected chi connectivity index (χ2v) is 15.1. The molecule has 2 aliphatic rings. The number of hydrogen-bond acceptors (Lipinski definition) is 3. The fourth-order valence-electron chi connectivity index (χ4n) is 5.68. The SMILES string of the molecule is C=CCN1CC(C(=O)N(CCC[As](C)C)C(=O)NCC)C[C@@H]2c3cccc4[nH]cc(c34)C[C@H]21. The molecule has 2 aromatic rings. The molecule has 6 nitrogen and oxygen atoms in total. The van der Waals surface area contributed by atoms with Gasteiger partial charge in [0.1, 0.15) is 0 Å². The van der Waals surface area contributed by atoms with Crippen LogP contribution < -0.4 is 5.32 Å². The molecule has 0 radical (unpaired) electrons. The van der Waals surface area contributed by atoms with Gasteiger partial charge >= 0.3 is 202 Å². The normalized spacial score (nSPS) is 22.2. The van der Waals surface area contributed by atoms with Crippen LogP contribution in [0.25, 0.3) is 10.9 Å². The van der Waals surface area contributed by atoms with Crippen molar-refractivity contribution in [2.24, 2.45) is 5.92 Å². The number of piperidine rings is 1. The number of rotatable bonds is 8. The minimum absolute atomic E-state index is 0.0215. The van der Waals surface area contributed by atoms with E-state index in [-0.39, 0.29) is 23.8 Å². The molecule has 1 aromatic heterocycles. The molecule has 0 bridgehead atoms. The third-order valence-corrected chi connectivity index (χ3v) is 9.65. The van der Waals surface area contributed by atoms with Crippen molar-refractivity contribution in [2.75, 3.05) is 26.2 Å². The van der Waals surface area contributed by atoms with Crippen LogP contribution in [0.15, 0.2) is 37.1 Å². The molecule has 3 amide bonds. The Morgan fingerprint density at radius 3 is 2.91 bits per heavy atom. The van der Waals surface area contributed by atoms with Crippen LogP contribution in [-0.4, -0.2) is 73.6 Å². The molecule has 1 aliphatic heterocycles. The van der Waals surface area contributed by atoms with Gasteiger partial charge in [-0.15, -0.1) is 0 Å². The number of H-pyrrole nitrogens is 1. The summed E-state index contributed by atoms with van der Waals surface area (Å²) < 4.78 is 0. The number of carbonyl (C=O) groups excluding carboxylic acids is 2. The average molecular weight is 513 g/mol. The monoisotopic (exact) mass is 512 g/mol. The summed E-state index contributed by atoms with van der Waals surface area (Å²) >= 11 is -0.789. The zero-order chi connectivity index (χ0) is 23.5. The molecule has 0 spiro atoms. The fraction of sp³-hybridized carbons (Fsp3) is 0.538. The number of imide groups is 1. The van der Waals surface area contributed by atoms with E-state index in [2.05, 4.69) is 57.6 Å². The Kier molecular flexibility index (Phi) is 7.65. The quantitative estimate of drug-likeness (QED) is 0.407. The van der Waals surface area contributed by atoms with E-state index in [9.17, 15) is 9.59 Å². The number of likely N-dealkylation sites (tertiary alicyclic amines) is 1. The Bertz CT molecular complexity index is 1020. The summed E-state index contributed by atoms with van der Waals surface area (Å²) in [6.07, 6.45) is 6.75. The van der Waals surface area contributed by atoms with Crippen molar-refractivity contribution in [3.05, 3.63) is 48.2 Å². The van der Waals surface area contributed by atoms with Gasteiger partial charge in [0.05, 0.1) is 0 Å². The second-order valence-electron chi connectivity index (χ2n) is 9.62. The molecule has 3 atom stereocenters. The number of carbonyl (C=O) groups is 2. The van der Waals surface area contributed by atoms with Crippen molar-refractivity contribution in [1.29, 1.82) is 0 Å². The van der Waals surface area contributed by atoms with Gasteiger partial charge in [-0.05, 0) is 0 Å². The van der Waals surface area contributed by atoms with Gasteiger partial charge in [0.25, 0.3) is 0 Å². The van der Waals surface area contributed by atoms with Crippen LogP contribution in [0.5, 0.6) is 0 Å². The van der Waals surface area contributed by atoms with Crippen molar-refractivity contribution in [3.8, 4) is 0 Å². The molecular formula is C26H37AsN4O2. The van der Waals surface area contributed by atoms with Gasteiger partial charge in [0.15, 0.2) is 0 Å². The Morgan fingerprint density at radius 2 is 2.18 bits per heavy atom. The molecule has 2 N–H and O–H groups in total. The Hall–Kier alpha value is -2.04. The molecule has 4 rings (SSSR count). The van der Waals surface area contributed by atoms with Crippen LogP contribution in [0.4, 0.5) is 4.79 Å². The molecule has 1 unspecified atom stereocenters. The number of nitrogens with zero attached hydrogens (tertiary/aromatic N) is 2. The standard InChI is InChI=1S/C26H37AsN4O2/c1-5-12-30-17-19(25(32)31(26(33)28-6-2)13-8-11-27(3)4)14-21-20-9-7-10-22-24(20)18(16-29-22)15-23(21)30/h5,7,9-10,16,19,21,23,29H,1,6,8,11-15,17H2,2-4H3,(H,28,33)/t19?,21-,23-/m1/s1. The van der Waals surface area contributed by atoms with Crippen molar-refractivity contribution < 1.29 is 9.59 Å². The molecular weight excluding hydrogens is 475 g/mol. The van der Waals surface area contributed by atoms with Crippen LogP contribution in [-0.2, 0) is 11.2 Å². The van der Waals surface area contributed by atoms with Crippen LogP contribution in [0, 0.1) is 5.92 Å². The molecule has 1 aromatic carbocycles. The van der Waals surface area contributed by atoms with E-state index < -0.39 is 14.7 Å². The van der Waals surface area contributed by atoms with Gasteiger partial charge < -0.3 is 0 Å². The average Bonchev–Trinajstić information content (AvgIpc) is 3.21. The maximum atomic E-state index is 13.8. The van der Waals surface area contributed by atoms with Gasteiger partial charge in [0.2, 0.25) is 0 Å². The van der Waals surface area contributed by atoms with Gasteiger partial charge in [0, 0.05) is 0 Å². The van der Waals surface area contributed by atoms with Gasteiger partial charge in [-0.1, -0.05) is 0 Å². The first-order valence-electron chi connectivity index (χ1n) is 12.1. The molecule has 0 saturated carbocycles. The molecule has 33 heavy (non-hydrogen) atoms. The van der Waals surface area contributed by atoms with Crippen molar-refractivity contribution in [1.82, 2.24) is 20.1 Å². The zero-order valence-corrected chi connectivity index (χ0v) is 22.0. The van der Waals surface area contributed by atoms with Crippen molar-refractivity contribution in [3.63, 3.8) is 0 Å². The van der Waals surface area contributed by atoms with Crippen LogP contribution in [0.3, 0.4) is 0 Å². The van der Waals surface area contributed by atoms with E-state index in [4.69, 9.17) is 0 Å². The van der Waals surface area contributed by atoms with E-state index in [1.165, 1.54) is 26.9 Å². The number of fused-ring (bicyclic) bond motifs is 2. The summed E-state index contributed by atoms with van der Waals surface area (Å²) in [6.45, 7) is 8.35. The Morgan fingerprint density at radius 1 is 1.36 bits per heavy atom. The minimum atomic E-state index is -0.789. The maximum absolute atomic E-state index is 13.8. The van der Waals surface area contributed by atoms with E-state index in [1.54, 1.807) is 0 Å². The zero-order valence-electron chi connectivity index (χ0n) is 20.1. The predicted octanol–water partition coefficient (Wildman–Crippen LogP) is 4.39. The first kappa shape index (κ1) is 24.1. The van der Waals surface area contributed by atoms with Crippen molar-refractivity contribution in [2.45, 2.75) is 54.8 Å². The third kappa shape index (κ3) is 4.92. The number of aromatic nitrogens is 1. The van der Waals surface area contributed by atoms with Gasteiger partial charge in [-0.3, -0.25) is 0 Å². The predicted molar refractivity (Wildman–Crippen MR) is 136 cm³/mol. The van der Waals surface area contributed by atoms with E-state index in [0.717, 1.165) is 31.0 Å². The first-order chi connectivity index (χ1) is 15.9. The second kappa shape index (κ2) is 10.5. The molecule has 2 heterocycles. The number of urea groups is 1. The summed E-state index contributed by atoms with van der Waals surface area (Å²) in [5.41, 5.74) is 8.51. The number of amides is 3. The Balaban J connectivity index is 1.61. The fourth-order valence-corrected chi connectivity index (χ4v) is 7.30. The molecule has 178 valence electrons. The van der Waals surface area contributed by atoms with E-state index in [1.807, 2.05) is 13.0 Å². The number of aromatic amines is 1. The summed E-state index contributed by atoms with van der Waals surface area (Å²) in [7, 11) is 0. The third-order valence-electron chi connectivity index (χ3n) is 7.11. The first-order valence-corrected chi connectivity index (χ1v) is 17.2. The van der Waals surface area contributed by atoms with Crippen LogP contribution in [0.2, 0.25) is 16.6 Å². The van der Waals surface area contributed by atoms with Crippen molar-refractivity contribution >= 4 is 37.5 Å². The van der Waals surface area contributed by atoms with Gasteiger partial charge in [-0.25, -0.2) is 0 Å². The number of benzene rings is 1. The molecule has 1 aliphatic carbocycles. The number of hydrogen-bond donors (Lipinski definition) is 2. The van der Waals surface area contributed by atoms with Gasteiger partial charge in [-0.2, -0.15) is 0 Å². The molecule has 7 heteroatoms. The molecule has 1 fully saturated rings. The topological polar surface area (TPSA) is 68.4 Å². The van der Waals surface area contributed by atoms with Crippen LogP contribution in [0.1, 0.15) is 36.8 Å². The summed E-state index contributed by atoms with van der Waals surface area (Å²) in [5.74, 6) is 0.0624. The summed E-state index contributed by atoms with van der Waals surface area (Å²) in [5, 5.41) is 5.34. The Labute approximate surface area is 202 Å². The van der Waals surface area contributed by atoms with E-state index in [0.29, 0.717) is 25.7 Å².